The van der Waals surface area contributed by atoms with Crippen LogP contribution in [0.25, 0.3) is 0 Å². The Morgan fingerprint density at radius 3 is 2.86 bits per heavy atom. The summed E-state index contributed by atoms with van der Waals surface area (Å²) in [5.41, 5.74) is 0. The SMILES string of the molecule is [2H][C@@H]1CCN(CC)C1. The lowest BCUT2D eigenvalue weighted by Gasteiger charge is -2.08. The summed E-state index contributed by atoms with van der Waals surface area (Å²) in [6, 6.07) is 0. The monoisotopic (exact) mass is 100 g/mol. The van der Waals surface area contributed by atoms with Gasteiger partial charge < -0.3 is 4.90 Å². The van der Waals surface area contributed by atoms with E-state index >= 15 is 0 Å². The molecule has 0 aromatic rings. The maximum atomic E-state index is 7.32. The molecule has 1 fully saturated rings. The van der Waals surface area contributed by atoms with Gasteiger partial charge in [-0.3, -0.25) is 0 Å². The van der Waals surface area contributed by atoms with Crippen molar-refractivity contribution in [3.05, 3.63) is 0 Å². The molecule has 0 aromatic heterocycles. The number of hydrogen-bond acceptors (Lipinski definition) is 1. The molecule has 0 aromatic carbocycles. The first-order valence-corrected chi connectivity index (χ1v) is 2.97. The van der Waals surface area contributed by atoms with Gasteiger partial charge in [-0.2, -0.15) is 0 Å². The Hall–Kier alpha value is -0.0400. The lowest BCUT2D eigenvalue weighted by atomic mass is 10.4. The van der Waals surface area contributed by atoms with E-state index in [4.69, 9.17) is 1.37 Å². The van der Waals surface area contributed by atoms with Gasteiger partial charge in [-0.15, -0.1) is 0 Å². The Labute approximate surface area is 46.7 Å². The molecule has 0 amide bonds. The van der Waals surface area contributed by atoms with Crippen molar-refractivity contribution in [2.75, 3.05) is 19.6 Å². The Morgan fingerprint density at radius 1 is 1.71 bits per heavy atom. The van der Waals surface area contributed by atoms with Crippen molar-refractivity contribution >= 4 is 0 Å². The smallest absolute Gasteiger partial charge is 0.0280 e. The van der Waals surface area contributed by atoms with Crippen molar-refractivity contribution in [1.82, 2.24) is 4.90 Å². The molecule has 0 aliphatic carbocycles. The lowest BCUT2D eigenvalue weighted by molar-refractivity contribution is 0.359. The number of hydrogen-bond donors (Lipinski definition) is 0. The summed E-state index contributed by atoms with van der Waals surface area (Å²) in [7, 11) is 0. The largest absolute Gasteiger partial charge is 0.304 e. The summed E-state index contributed by atoms with van der Waals surface area (Å²) in [5, 5.41) is 0. The molecule has 0 spiro atoms. The van der Waals surface area contributed by atoms with Crippen LogP contribution >= 0.6 is 0 Å². The van der Waals surface area contributed by atoms with E-state index in [9.17, 15) is 0 Å². The number of rotatable bonds is 1. The standard InChI is InChI=1S/C6H13N/c1-2-7-5-3-4-6-7/h2-6H2,1H3/i3D/t3-/m1/s1. The van der Waals surface area contributed by atoms with Crippen LogP contribution in [-0.4, -0.2) is 24.5 Å². The van der Waals surface area contributed by atoms with Crippen LogP contribution in [-0.2, 0) is 0 Å². The van der Waals surface area contributed by atoms with Gasteiger partial charge in [0.1, 0.15) is 0 Å². The van der Waals surface area contributed by atoms with Crippen LogP contribution in [0.15, 0.2) is 0 Å². The minimum atomic E-state index is 0.204. The number of likely N-dealkylation sites (tertiary alicyclic amines) is 1. The van der Waals surface area contributed by atoms with Crippen molar-refractivity contribution in [2.45, 2.75) is 19.7 Å². The van der Waals surface area contributed by atoms with Gasteiger partial charge in [-0.05, 0) is 32.5 Å². The molecule has 1 heterocycles. The zero-order valence-corrected chi connectivity index (χ0v) is 4.85. The molecule has 1 heteroatoms. The topological polar surface area (TPSA) is 3.24 Å². The van der Waals surface area contributed by atoms with Gasteiger partial charge in [0, 0.05) is 1.37 Å². The predicted molar refractivity (Wildman–Crippen MR) is 31.3 cm³/mol. The first kappa shape index (κ1) is 3.90. The molecule has 0 saturated carbocycles. The third kappa shape index (κ3) is 1.16. The fourth-order valence-corrected chi connectivity index (χ4v) is 0.926. The summed E-state index contributed by atoms with van der Waals surface area (Å²) >= 11 is 0. The van der Waals surface area contributed by atoms with E-state index < -0.39 is 0 Å². The molecule has 0 radical (unpaired) electrons. The first-order valence-electron chi connectivity index (χ1n) is 3.55. The average Bonchev–Trinajstić information content (AvgIpc) is 2.14. The first-order chi connectivity index (χ1) is 3.83. The van der Waals surface area contributed by atoms with Crippen LogP contribution in [0.2, 0.25) is 0 Å². The van der Waals surface area contributed by atoms with Crippen LogP contribution in [0.3, 0.4) is 0 Å². The van der Waals surface area contributed by atoms with Crippen LogP contribution < -0.4 is 0 Å². The van der Waals surface area contributed by atoms with Gasteiger partial charge in [-0.25, -0.2) is 0 Å². The summed E-state index contributed by atoms with van der Waals surface area (Å²) in [6.45, 7) is 5.41. The second-order valence-corrected chi connectivity index (χ2v) is 1.97. The highest BCUT2D eigenvalue weighted by atomic mass is 15.1. The highest BCUT2D eigenvalue weighted by molar-refractivity contribution is 4.62. The van der Waals surface area contributed by atoms with Crippen LogP contribution in [0.1, 0.15) is 21.1 Å². The Morgan fingerprint density at radius 2 is 2.57 bits per heavy atom. The fourth-order valence-electron chi connectivity index (χ4n) is 0.926. The average molecular weight is 100 g/mol. The molecule has 42 valence electrons. The molecule has 1 saturated heterocycles. The quantitative estimate of drug-likeness (QED) is 0.477. The van der Waals surface area contributed by atoms with Gasteiger partial charge in [0.15, 0.2) is 0 Å². The molecule has 7 heavy (non-hydrogen) atoms. The number of nitrogens with zero attached hydrogens (tertiary/aromatic N) is 1. The Bertz CT molecular complexity index is 74.9. The van der Waals surface area contributed by atoms with Crippen molar-refractivity contribution in [2.24, 2.45) is 0 Å². The maximum Gasteiger partial charge on any atom is 0.0280 e. The van der Waals surface area contributed by atoms with Crippen molar-refractivity contribution in [3.8, 4) is 0 Å². The molecule has 1 atom stereocenters. The molecule has 1 nitrogen and oxygen atoms in total. The second kappa shape index (κ2) is 2.31. The van der Waals surface area contributed by atoms with E-state index in [0.29, 0.717) is 0 Å². The molecule has 1 rings (SSSR count). The van der Waals surface area contributed by atoms with Crippen molar-refractivity contribution < 1.29 is 1.37 Å². The summed E-state index contributed by atoms with van der Waals surface area (Å²) in [6.07, 6.45) is 1.28. The second-order valence-electron chi connectivity index (χ2n) is 1.97. The van der Waals surface area contributed by atoms with E-state index in [2.05, 4.69) is 11.8 Å². The lowest BCUT2D eigenvalue weighted by Crippen LogP contribution is -2.17. The van der Waals surface area contributed by atoms with Crippen LogP contribution in [0.5, 0.6) is 0 Å². The van der Waals surface area contributed by atoms with Crippen molar-refractivity contribution in [1.29, 1.82) is 0 Å². The van der Waals surface area contributed by atoms with Gasteiger partial charge in [0.25, 0.3) is 0 Å². The maximum absolute atomic E-state index is 7.32. The zero-order chi connectivity index (χ0) is 5.98. The Kier molecular flexibility index (Phi) is 1.29. The van der Waals surface area contributed by atoms with Gasteiger partial charge in [0.05, 0.1) is 0 Å². The van der Waals surface area contributed by atoms with Crippen LogP contribution in [0, 0.1) is 0 Å². The molecule has 0 N–H and O–H groups in total. The van der Waals surface area contributed by atoms with E-state index in [0.717, 1.165) is 26.1 Å². The minimum absolute atomic E-state index is 0.204. The molecule has 1 aliphatic heterocycles. The van der Waals surface area contributed by atoms with Gasteiger partial charge >= 0.3 is 0 Å². The molecular weight excluding hydrogens is 86.1 g/mol. The molecule has 1 aliphatic rings. The fraction of sp³-hybridized carbons (Fsp3) is 1.00. The summed E-state index contributed by atoms with van der Waals surface area (Å²) < 4.78 is 7.32. The predicted octanol–water partition coefficient (Wildman–Crippen LogP) is 1.10. The minimum Gasteiger partial charge on any atom is -0.304 e. The van der Waals surface area contributed by atoms with E-state index in [-0.39, 0.29) is 6.40 Å². The highest BCUT2D eigenvalue weighted by Crippen LogP contribution is 2.04. The molecule has 0 bridgehead atoms. The normalized spacial score (nSPS) is 36.1. The van der Waals surface area contributed by atoms with E-state index in [1.165, 1.54) is 0 Å². The molecular formula is C6H13N. The summed E-state index contributed by atoms with van der Waals surface area (Å²) in [4.78, 5) is 2.32. The Balaban J connectivity index is 2.22. The van der Waals surface area contributed by atoms with E-state index in [1.807, 2.05) is 0 Å². The summed E-state index contributed by atoms with van der Waals surface area (Å²) in [5.74, 6) is 0. The van der Waals surface area contributed by atoms with Crippen LogP contribution in [0.4, 0.5) is 0 Å². The van der Waals surface area contributed by atoms with Gasteiger partial charge in [0.2, 0.25) is 0 Å². The molecule has 0 unspecified atom stereocenters. The third-order valence-electron chi connectivity index (χ3n) is 1.48. The zero-order valence-electron chi connectivity index (χ0n) is 5.85. The van der Waals surface area contributed by atoms with Crippen molar-refractivity contribution in [3.63, 3.8) is 0 Å². The van der Waals surface area contributed by atoms with E-state index in [1.54, 1.807) is 0 Å². The van der Waals surface area contributed by atoms with Gasteiger partial charge in [-0.1, -0.05) is 6.92 Å². The third-order valence-corrected chi connectivity index (χ3v) is 1.48. The highest BCUT2D eigenvalue weighted by Gasteiger charge is 2.06.